The number of nitrogens with one attached hydrogen (secondary N) is 2. The van der Waals surface area contributed by atoms with Crippen LogP contribution in [0.2, 0.25) is 1.02 Å². The third-order valence-corrected chi connectivity index (χ3v) is 0.705. The topological polar surface area (TPSA) is 98.7 Å². The van der Waals surface area contributed by atoms with E-state index in [1.165, 1.54) is 0 Å². The van der Waals surface area contributed by atoms with Crippen LogP contribution in [0, 0.1) is 0 Å². The van der Waals surface area contributed by atoms with Crippen LogP contribution in [0.4, 0.5) is 0 Å². The van der Waals surface area contributed by atoms with Gasteiger partial charge in [-0.3, -0.25) is 19.3 Å². The van der Waals surface area contributed by atoms with Gasteiger partial charge in [-0.1, -0.05) is 0 Å². The molecule has 1 saturated heterocycles. The van der Waals surface area contributed by atoms with Gasteiger partial charge < -0.3 is 0 Å². The van der Waals surface area contributed by atoms with Gasteiger partial charge in [-0.25, -0.2) is 5.43 Å². The molecule has 0 aromatic carbocycles. The molecule has 0 saturated carbocycles. The van der Waals surface area contributed by atoms with Gasteiger partial charge in [0.15, 0.2) is 0 Å². The number of carbonyl (C=O) groups is 1. The van der Waals surface area contributed by atoms with Gasteiger partial charge in [0.05, 0.1) is 0 Å². The molecule has 4 N–H and O–H groups in total. The molecular weight excluding hydrogens is 211 g/mol. The first-order valence-corrected chi connectivity index (χ1v) is 7.63. The van der Waals surface area contributed by atoms with Crippen LogP contribution < -0.4 is 10.9 Å². The summed E-state index contributed by atoms with van der Waals surface area (Å²) in [6.45, 7) is 0.777. The Morgan fingerprint density at radius 2 is 1.92 bits per heavy atom. The first-order chi connectivity index (χ1) is 5.63. The minimum absolute atomic E-state index is 0.0926. The Kier molecular flexibility index (Phi) is 15.8. The summed E-state index contributed by atoms with van der Waals surface area (Å²) in [5.74, 6) is 0.0926. The number of amides is 1. The van der Waals surface area contributed by atoms with Gasteiger partial charge in [-0.2, -0.15) is 4.21 Å². The Hall–Kier alpha value is 1.14. The third-order valence-electron chi connectivity index (χ3n) is 0.705. The van der Waals surface area contributed by atoms with Gasteiger partial charge in [0, 0.05) is 13.0 Å². The molecule has 1 rings (SSSR count). The van der Waals surface area contributed by atoms with E-state index in [1.807, 2.05) is 0 Å². The van der Waals surface area contributed by atoms with Gasteiger partial charge in [-0.15, -0.1) is 0 Å². The van der Waals surface area contributed by atoms with E-state index in [0.717, 1.165) is 55.5 Å². The monoisotopic (exact) mass is 222 g/mol. The Labute approximate surface area is 108 Å². The third kappa shape index (κ3) is 17.3. The van der Waals surface area contributed by atoms with Gasteiger partial charge >= 0.3 is 50.0 Å². The molecule has 0 unspecified atom stereocenters. The van der Waals surface area contributed by atoms with Crippen LogP contribution in [0.3, 0.4) is 0 Å². The van der Waals surface area contributed by atoms with Crippen LogP contribution in [0.15, 0.2) is 0 Å². The van der Waals surface area contributed by atoms with E-state index in [9.17, 15) is 4.79 Å². The second-order valence-corrected chi connectivity index (χ2v) is 1.92. The van der Waals surface area contributed by atoms with Gasteiger partial charge in [0.25, 0.3) is 11.4 Å². The summed E-state index contributed by atoms with van der Waals surface area (Å²) >= 11 is -1.55. The molecule has 1 heterocycles. The Morgan fingerprint density at radius 1 is 1.50 bits per heavy atom. The van der Waals surface area contributed by atoms with E-state index >= 15 is 0 Å². The zero-order chi connectivity index (χ0) is 9.98. The maximum absolute atomic E-state index is 10.1. The molecule has 6 nitrogen and oxygen atoms in total. The van der Waals surface area contributed by atoms with Crippen LogP contribution in [0.5, 0.6) is 0 Å². The fraction of sp³-hybridized carbons (Fsp3) is 0.750. The van der Waals surface area contributed by atoms with Gasteiger partial charge in [0.1, 0.15) is 0 Å². The first-order valence-electron chi connectivity index (χ1n) is 3.44. The predicted molar refractivity (Wildman–Crippen MR) is 45.8 cm³/mol. The summed E-state index contributed by atoms with van der Waals surface area (Å²) in [5, 5.41) is 0. The van der Waals surface area contributed by atoms with E-state index < -0.39 is 11.4 Å². The van der Waals surface area contributed by atoms with Crippen molar-refractivity contribution in [1.82, 2.24) is 10.9 Å². The van der Waals surface area contributed by atoms with E-state index in [-0.39, 0.29) is 5.91 Å². The van der Waals surface area contributed by atoms with Gasteiger partial charge in [0.2, 0.25) is 5.91 Å². The summed E-state index contributed by atoms with van der Waals surface area (Å²) in [5.41, 5.74) is 5.10. The molecule has 1 fully saturated rings. The van der Waals surface area contributed by atoms with Crippen molar-refractivity contribution >= 4 is 66.2 Å². The molecule has 0 spiro atoms. The number of hydrogen-bond donors (Lipinski definition) is 4. The second-order valence-electron chi connectivity index (χ2n) is 1.46. The minimum atomic E-state index is -2.61. The van der Waals surface area contributed by atoms with Crippen LogP contribution in [-0.2, 0) is 16.2 Å². The maximum atomic E-state index is 10.1. The average Bonchev–Trinajstić information content (AvgIpc) is 2.43. The SMILES string of the molecule is O=C1CCNN1.O=S(O)O.[CH3][K]. The summed E-state index contributed by atoms with van der Waals surface area (Å²) in [6, 6.07) is 0. The van der Waals surface area contributed by atoms with E-state index in [4.69, 9.17) is 13.3 Å². The molecule has 0 aromatic rings. The second kappa shape index (κ2) is 12.1. The molecule has 0 radical (unpaired) electrons. The van der Waals surface area contributed by atoms with Crippen molar-refractivity contribution in [3.05, 3.63) is 0 Å². The van der Waals surface area contributed by atoms with Crippen LogP contribution in [0.25, 0.3) is 0 Å². The number of rotatable bonds is 0. The number of hydrazine groups is 1. The van der Waals surface area contributed by atoms with E-state index in [0.29, 0.717) is 6.42 Å². The van der Waals surface area contributed by atoms with Crippen molar-refractivity contribution in [3.63, 3.8) is 0 Å². The summed E-state index contributed by atoms with van der Waals surface area (Å²) < 4.78 is 25.0. The zero-order valence-electron chi connectivity index (χ0n) is 7.03. The Morgan fingerprint density at radius 3 is 2.00 bits per heavy atom. The average molecular weight is 222 g/mol. The molecule has 12 heavy (non-hydrogen) atoms. The molecule has 0 bridgehead atoms. The molecule has 8 heteroatoms. The molecule has 0 atom stereocenters. The fourth-order valence-corrected chi connectivity index (χ4v) is 0.400. The van der Waals surface area contributed by atoms with Crippen LogP contribution in [-0.4, -0.2) is 74.7 Å². The number of carbonyl (C=O) groups excluding carboxylic acids is 1. The van der Waals surface area contributed by atoms with Gasteiger partial charge in [-0.05, 0) is 0 Å². The Bertz CT molecular complexity index is 133. The normalized spacial score (nSPS) is 14.0. The standard InChI is InChI=1S/C3H6N2O.CH3.K.H2O3S/c6-3-1-2-4-5-3;;;1-4(2)3/h4H,1-2H2,(H,5,6);1H3;;(H2,1,2,3). The molecule has 1 aliphatic heterocycles. The quantitative estimate of drug-likeness (QED) is 0.308. The van der Waals surface area contributed by atoms with Crippen molar-refractivity contribution in [1.29, 1.82) is 0 Å². The van der Waals surface area contributed by atoms with Crippen molar-refractivity contribution in [2.24, 2.45) is 0 Å². The fourth-order valence-electron chi connectivity index (χ4n) is 0.400. The van der Waals surface area contributed by atoms with Crippen LogP contribution in [0.1, 0.15) is 6.42 Å². The first kappa shape index (κ1) is 15.6. The van der Waals surface area contributed by atoms with Crippen LogP contribution >= 0.6 is 0 Å². The molecular formula is C4H11KN2O4S. The van der Waals surface area contributed by atoms with Crippen molar-refractivity contribution < 1.29 is 18.1 Å². The molecule has 68 valence electrons. The Balaban J connectivity index is 0. The summed E-state index contributed by atoms with van der Waals surface area (Å²) in [6.07, 6.45) is 0.625. The predicted octanol–water partition coefficient (Wildman–Crippen LogP) is -1.10. The summed E-state index contributed by atoms with van der Waals surface area (Å²) in [4.78, 5) is 10.1. The van der Waals surface area contributed by atoms with Crippen molar-refractivity contribution in [3.8, 4) is 0 Å². The van der Waals surface area contributed by atoms with E-state index in [2.05, 4.69) is 11.9 Å². The molecule has 0 aliphatic carbocycles. The van der Waals surface area contributed by atoms with E-state index in [1.54, 1.807) is 0 Å². The van der Waals surface area contributed by atoms with Crippen molar-refractivity contribution in [2.45, 2.75) is 7.44 Å². The molecule has 1 aliphatic rings. The zero-order valence-corrected chi connectivity index (χ0v) is 11.0. The molecule has 1 amide bonds. The number of hydrogen-bond acceptors (Lipinski definition) is 3. The summed E-state index contributed by atoms with van der Waals surface area (Å²) in [7, 11) is 0. The molecule has 0 aromatic heterocycles. The van der Waals surface area contributed by atoms with Crippen molar-refractivity contribution in [2.75, 3.05) is 6.54 Å².